The van der Waals surface area contributed by atoms with Crippen molar-refractivity contribution in [3.63, 3.8) is 0 Å². The van der Waals surface area contributed by atoms with Crippen LogP contribution in [0.1, 0.15) is 29.3 Å². The predicted molar refractivity (Wildman–Crippen MR) is 98.8 cm³/mol. The molecule has 1 N–H and O–H groups in total. The van der Waals surface area contributed by atoms with Crippen molar-refractivity contribution in [3.8, 4) is 23.8 Å². The van der Waals surface area contributed by atoms with Gasteiger partial charge in [-0.05, 0) is 52.7 Å². The summed E-state index contributed by atoms with van der Waals surface area (Å²) < 4.78 is 11.7. The molecule has 4 nitrogen and oxygen atoms in total. The van der Waals surface area contributed by atoms with Gasteiger partial charge in [-0.3, -0.25) is 4.79 Å². The minimum absolute atomic E-state index is 0.259. The summed E-state index contributed by atoms with van der Waals surface area (Å²) in [5, 5.41) is 2.82. The molecule has 2 rings (SSSR count). The van der Waals surface area contributed by atoms with Crippen molar-refractivity contribution in [2.45, 2.75) is 13.3 Å². The zero-order chi connectivity index (χ0) is 17.5. The Morgan fingerprint density at radius 2 is 2.12 bits per heavy atom. The Bertz CT molecular complexity index is 781. The topological polar surface area (TPSA) is 47.6 Å². The molecule has 0 aliphatic heterocycles. The van der Waals surface area contributed by atoms with Gasteiger partial charge in [0.25, 0.3) is 5.91 Å². The molecule has 24 heavy (non-hydrogen) atoms. The van der Waals surface area contributed by atoms with E-state index in [9.17, 15) is 4.79 Å². The lowest BCUT2D eigenvalue weighted by Gasteiger charge is -2.14. The number of hydrogen-bond acceptors (Lipinski definition) is 3. The van der Waals surface area contributed by atoms with E-state index in [0.29, 0.717) is 39.4 Å². The molecule has 0 fully saturated rings. The molecule has 5 heteroatoms. The molecule has 0 aromatic heterocycles. The summed E-state index contributed by atoms with van der Waals surface area (Å²) in [6, 6.07) is 10.5. The van der Waals surface area contributed by atoms with Crippen LogP contribution in [0.3, 0.4) is 0 Å². The number of anilines is 1. The third kappa shape index (κ3) is 4.30. The molecule has 0 atom stereocenters. The number of ether oxygens (including phenoxy) is 2. The van der Waals surface area contributed by atoms with E-state index in [2.05, 4.69) is 27.2 Å². The Kier molecular flexibility index (Phi) is 6.28. The van der Waals surface area contributed by atoms with Crippen LogP contribution in [-0.4, -0.2) is 19.6 Å². The summed E-state index contributed by atoms with van der Waals surface area (Å²) in [6.45, 7) is 2.59. The van der Waals surface area contributed by atoms with Crippen LogP contribution in [-0.2, 0) is 0 Å². The van der Waals surface area contributed by atoms with Gasteiger partial charge < -0.3 is 14.8 Å². The van der Waals surface area contributed by atoms with Gasteiger partial charge in [0.05, 0.1) is 18.2 Å². The highest BCUT2D eigenvalue weighted by Crippen LogP contribution is 2.37. The van der Waals surface area contributed by atoms with Crippen LogP contribution >= 0.6 is 15.9 Å². The molecule has 2 aromatic rings. The maximum atomic E-state index is 12.5. The van der Waals surface area contributed by atoms with Gasteiger partial charge in [0, 0.05) is 16.8 Å². The number of carbonyl (C=O) groups excluding carboxylic acids is 1. The summed E-state index contributed by atoms with van der Waals surface area (Å²) in [7, 11) is 1.54. The van der Waals surface area contributed by atoms with E-state index in [1.807, 2.05) is 6.92 Å². The lowest BCUT2D eigenvalue weighted by molar-refractivity contribution is 0.102. The van der Waals surface area contributed by atoms with E-state index < -0.39 is 0 Å². The van der Waals surface area contributed by atoms with Crippen molar-refractivity contribution in [2.24, 2.45) is 0 Å². The van der Waals surface area contributed by atoms with Gasteiger partial charge in [0.2, 0.25) is 0 Å². The van der Waals surface area contributed by atoms with E-state index in [1.165, 1.54) is 0 Å². The van der Waals surface area contributed by atoms with Gasteiger partial charge in [-0.1, -0.05) is 18.9 Å². The Morgan fingerprint density at radius 1 is 1.33 bits per heavy atom. The first kappa shape index (κ1) is 17.9. The van der Waals surface area contributed by atoms with Crippen molar-refractivity contribution >= 4 is 27.5 Å². The Labute approximate surface area is 150 Å². The largest absolute Gasteiger partial charge is 0.493 e. The fourth-order valence-electron chi connectivity index (χ4n) is 2.09. The average Bonchev–Trinajstić information content (AvgIpc) is 2.60. The SMILES string of the molecule is C#Cc1cccc(NC(=O)c2cc(Br)c(OCCC)c(OC)c2)c1. The number of rotatable bonds is 6. The van der Waals surface area contributed by atoms with Crippen LogP contribution in [0.4, 0.5) is 5.69 Å². The molecule has 0 radical (unpaired) electrons. The summed E-state index contributed by atoms with van der Waals surface area (Å²) in [6.07, 6.45) is 6.25. The third-order valence-corrected chi connectivity index (χ3v) is 3.82. The van der Waals surface area contributed by atoms with Crippen molar-refractivity contribution in [3.05, 3.63) is 52.0 Å². The fraction of sp³-hybridized carbons (Fsp3) is 0.211. The number of halogens is 1. The van der Waals surface area contributed by atoms with Gasteiger partial charge in [0.15, 0.2) is 11.5 Å². The average molecular weight is 388 g/mol. The molecule has 1 amide bonds. The van der Waals surface area contributed by atoms with Crippen LogP contribution in [0.15, 0.2) is 40.9 Å². The molecule has 0 spiro atoms. The normalized spacial score (nSPS) is 9.92. The second kappa shape index (κ2) is 8.42. The quantitative estimate of drug-likeness (QED) is 0.743. The molecule has 0 aliphatic carbocycles. The maximum absolute atomic E-state index is 12.5. The lowest BCUT2D eigenvalue weighted by atomic mass is 10.1. The highest BCUT2D eigenvalue weighted by molar-refractivity contribution is 9.10. The number of amides is 1. The van der Waals surface area contributed by atoms with Crippen molar-refractivity contribution in [1.82, 2.24) is 0 Å². The van der Waals surface area contributed by atoms with E-state index >= 15 is 0 Å². The molecule has 0 heterocycles. The first-order valence-electron chi connectivity index (χ1n) is 7.47. The Hall–Kier alpha value is -2.45. The molecule has 0 aliphatic rings. The third-order valence-electron chi connectivity index (χ3n) is 3.23. The molecule has 2 aromatic carbocycles. The minimum atomic E-state index is -0.259. The standard InChI is InChI=1S/C19H18BrNO3/c1-4-9-24-18-16(20)11-14(12-17(18)23-3)19(22)21-15-8-6-7-13(5-2)10-15/h2,6-8,10-12H,4,9H2,1,3H3,(H,21,22). The van der Waals surface area contributed by atoms with E-state index in [4.69, 9.17) is 15.9 Å². The van der Waals surface area contributed by atoms with Crippen LogP contribution in [0.2, 0.25) is 0 Å². The minimum Gasteiger partial charge on any atom is -0.493 e. The number of benzene rings is 2. The van der Waals surface area contributed by atoms with Gasteiger partial charge in [0.1, 0.15) is 0 Å². The summed E-state index contributed by atoms with van der Waals surface area (Å²) in [5.74, 6) is 3.37. The second-order valence-corrected chi connectivity index (χ2v) is 5.87. The number of methoxy groups -OCH3 is 1. The van der Waals surface area contributed by atoms with E-state index in [0.717, 1.165) is 6.42 Å². The predicted octanol–water partition coefficient (Wildman–Crippen LogP) is 4.48. The summed E-state index contributed by atoms with van der Waals surface area (Å²) >= 11 is 3.43. The lowest BCUT2D eigenvalue weighted by Crippen LogP contribution is -2.12. The first-order chi connectivity index (χ1) is 11.6. The second-order valence-electron chi connectivity index (χ2n) is 5.02. The number of carbonyl (C=O) groups is 1. The van der Waals surface area contributed by atoms with Gasteiger partial charge >= 0.3 is 0 Å². The number of hydrogen-bond donors (Lipinski definition) is 1. The van der Waals surface area contributed by atoms with E-state index in [-0.39, 0.29) is 5.91 Å². The fourth-order valence-corrected chi connectivity index (χ4v) is 2.64. The van der Waals surface area contributed by atoms with Gasteiger partial charge in [-0.2, -0.15) is 0 Å². The molecular weight excluding hydrogens is 370 g/mol. The highest BCUT2D eigenvalue weighted by Gasteiger charge is 2.15. The zero-order valence-corrected chi connectivity index (χ0v) is 15.1. The van der Waals surface area contributed by atoms with Crippen LogP contribution in [0, 0.1) is 12.3 Å². The number of terminal acetylenes is 1. The molecule has 0 bridgehead atoms. The Morgan fingerprint density at radius 3 is 2.79 bits per heavy atom. The molecule has 0 saturated carbocycles. The van der Waals surface area contributed by atoms with Crippen LogP contribution < -0.4 is 14.8 Å². The Balaban J connectivity index is 2.26. The van der Waals surface area contributed by atoms with Crippen LogP contribution in [0.5, 0.6) is 11.5 Å². The van der Waals surface area contributed by atoms with Crippen molar-refractivity contribution < 1.29 is 14.3 Å². The van der Waals surface area contributed by atoms with E-state index in [1.54, 1.807) is 43.5 Å². The monoisotopic (exact) mass is 387 g/mol. The molecule has 124 valence electrons. The molecular formula is C19H18BrNO3. The first-order valence-corrected chi connectivity index (χ1v) is 8.26. The molecule has 0 saturated heterocycles. The van der Waals surface area contributed by atoms with Crippen LogP contribution in [0.25, 0.3) is 0 Å². The van der Waals surface area contributed by atoms with Gasteiger partial charge in [-0.15, -0.1) is 6.42 Å². The van der Waals surface area contributed by atoms with Crippen molar-refractivity contribution in [1.29, 1.82) is 0 Å². The maximum Gasteiger partial charge on any atom is 0.255 e. The molecule has 0 unspecified atom stereocenters. The van der Waals surface area contributed by atoms with Gasteiger partial charge in [-0.25, -0.2) is 0 Å². The number of nitrogens with one attached hydrogen (secondary N) is 1. The highest BCUT2D eigenvalue weighted by atomic mass is 79.9. The zero-order valence-electron chi connectivity index (χ0n) is 13.6. The summed E-state index contributed by atoms with van der Waals surface area (Å²) in [4.78, 5) is 12.5. The van der Waals surface area contributed by atoms with Crippen molar-refractivity contribution in [2.75, 3.05) is 19.0 Å². The summed E-state index contributed by atoms with van der Waals surface area (Å²) in [5.41, 5.74) is 1.79. The smallest absolute Gasteiger partial charge is 0.255 e.